The first-order valence-electron chi connectivity index (χ1n) is 9.36. The molecule has 29 heavy (non-hydrogen) atoms. The first kappa shape index (κ1) is 22.7. The molecule has 2 aromatic carbocycles. The molecule has 156 valence electrons. The molecule has 0 aliphatic carbocycles. The lowest BCUT2D eigenvalue weighted by molar-refractivity contribution is -0.122. The summed E-state index contributed by atoms with van der Waals surface area (Å²) in [4.78, 5) is 26.6. The second-order valence-corrected chi connectivity index (χ2v) is 7.83. The summed E-state index contributed by atoms with van der Waals surface area (Å²) in [5.74, 6) is 0.102. The molecule has 0 aromatic heterocycles. The van der Waals surface area contributed by atoms with Gasteiger partial charge in [-0.05, 0) is 82.7 Å². The lowest BCUT2D eigenvalue weighted by atomic mass is 10.1. The fraction of sp³-hybridized carbons (Fsp3) is 0.364. The molecule has 1 atom stereocenters. The number of halogens is 1. The van der Waals surface area contributed by atoms with E-state index in [9.17, 15) is 9.59 Å². The Bertz CT molecular complexity index is 889. The highest BCUT2D eigenvalue weighted by atomic mass is 35.5. The zero-order valence-electron chi connectivity index (χ0n) is 17.7. The van der Waals surface area contributed by atoms with Crippen LogP contribution in [0, 0.1) is 20.8 Å². The smallest absolute Gasteiger partial charge is 0.265 e. The number of rotatable bonds is 7. The Morgan fingerprint density at radius 1 is 1.03 bits per heavy atom. The number of nitrogens with zero attached hydrogens (tertiary/aromatic N) is 1. The van der Waals surface area contributed by atoms with Crippen LogP contribution < -0.4 is 15.4 Å². The van der Waals surface area contributed by atoms with Crippen LogP contribution in [0.4, 0.5) is 11.4 Å². The lowest BCUT2D eigenvalue weighted by Gasteiger charge is -2.18. The fourth-order valence-corrected chi connectivity index (χ4v) is 2.92. The number of ether oxygens (including phenoxy) is 1. The molecule has 6 nitrogen and oxygen atoms in total. The van der Waals surface area contributed by atoms with Gasteiger partial charge in [0.15, 0.2) is 6.10 Å². The van der Waals surface area contributed by atoms with Gasteiger partial charge in [-0.3, -0.25) is 9.59 Å². The number of benzene rings is 2. The Hall–Kier alpha value is -2.57. The Morgan fingerprint density at radius 3 is 2.24 bits per heavy atom. The summed E-state index contributed by atoms with van der Waals surface area (Å²) in [7, 11) is 3.63. The monoisotopic (exact) mass is 417 g/mol. The van der Waals surface area contributed by atoms with Crippen LogP contribution in [0.5, 0.6) is 5.75 Å². The molecule has 0 bridgehead atoms. The maximum atomic E-state index is 12.7. The van der Waals surface area contributed by atoms with Gasteiger partial charge in [0.25, 0.3) is 5.91 Å². The van der Waals surface area contributed by atoms with Crippen LogP contribution in [-0.4, -0.2) is 43.5 Å². The van der Waals surface area contributed by atoms with Crippen molar-refractivity contribution < 1.29 is 14.3 Å². The third-order valence-corrected chi connectivity index (χ3v) is 4.86. The molecule has 7 heteroatoms. The fourth-order valence-electron chi connectivity index (χ4n) is 2.81. The zero-order valence-corrected chi connectivity index (χ0v) is 18.5. The molecule has 2 aromatic rings. The molecule has 0 spiro atoms. The standard InChI is InChI=1S/C22H28ClN3O3/c1-13-7-8-18(24-20(27)12-26(5)6)19(9-13)25-22(28)16(4)29-17-10-14(2)21(23)15(3)11-17/h7-11,16H,12H2,1-6H3,(H,24,27)(H,25,28). The van der Waals surface area contributed by atoms with E-state index in [1.807, 2.05) is 47.0 Å². The minimum atomic E-state index is -0.735. The van der Waals surface area contributed by atoms with Gasteiger partial charge in [0.1, 0.15) is 5.75 Å². The largest absolute Gasteiger partial charge is 0.481 e. The van der Waals surface area contributed by atoms with Crippen molar-refractivity contribution in [3.8, 4) is 5.75 Å². The van der Waals surface area contributed by atoms with E-state index < -0.39 is 6.10 Å². The van der Waals surface area contributed by atoms with Crippen molar-refractivity contribution in [2.45, 2.75) is 33.8 Å². The van der Waals surface area contributed by atoms with Crippen LogP contribution >= 0.6 is 11.6 Å². The summed E-state index contributed by atoms with van der Waals surface area (Å²) in [6, 6.07) is 9.07. The molecule has 1 unspecified atom stereocenters. The number of nitrogens with one attached hydrogen (secondary N) is 2. The molecule has 0 aliphatic rings. The molecule has 0 heterocycles. The minimum absolute atomic E-state index is 0.161. The first-order valence-corrected chi connectivity index (χ1v) is 9.74. The van der Waals surface area contributed by atoms with Crippen molar-refractivity contribution in [2.24, 2.45) is 0 Å². The highest BCUT2D eigenvalue weighted by Crippen LogP contribution is 2.27. The maximum absolute atomic E-state index is 12.7. The number of carbonyl (C=O) groups is 2. The van der Waals surface area contributed by atoms with E-state index in [2.05, 4.69) is 10.6 Å². The Labute approximate surface area is 177 Å². The maximum Gasteiger partial charge on any atom is 0.265 e. The quantitative estimate of drug-likeness (QED) is 0.709. The molecule has 0 saturated heterocycles. The van der Waals surface area contributed by atoms with E-state index in [0.29, 0.717) is 22.1 Å². The minimum Gasteiger partial charge on any atom is -0.481 e. The average Bonchev–Trinajstić information content (AvgIpc) is 2.61. The van der Waals surface area contributed by atoms with E-state index in [0.717, 1.165) is 16.7 Å². The van der Waals surface area contributed by atoms with Crippen molar-refractivity contribution in [1.82, 2.24) is 4.90 Å². The van der Waals surface area contributed by atoms with Crippen LogP contribution in [-0.2, 0) is 9.59 Å². The third kappa shape index (κ3) is 6.48. The van der Waals surface area contributed by atoms with E-state index in [1.54, 1.807) is 30.0 Å². The second-order valence-electron chi connectivity index (χ2n) is 7.46. The van der Waals surface area contributed by atoms with Crippen molar-refractivity contribution in [1.29, 1.82) is 0 Å². The molecule has 2 amide bonds. The SMILES string of the molecule is Cc1ccc(NC(=O)CN(C)C)c(NC(=O)C(C)Oc2cc(C)c(Cl)c(C)c2)c1. The van der Waals surface area contributed by atoms with Crippen LogP contribution in [0.2, 0.25) is 5.02 Å². The van der Waals surface area contributed by atoms with Gasteiger partial charge in [-0.25, -0.2) is 0 Å². The van der Waals surface area contributed by atoms with E-state index in [4.69, 9.17) is 16.3 Å². The van der Waals surface area contributed by atoms with E-state index in [-0.39, 0.29) is 18.4 Å². The number of aryl methyl sites for hydroxylation is 3. The number of likely N-dealkylation sites (N-methyl/N-ethyl adjacent to an activating group) is 1. The van der Waals surface area contributed by atoms with Gasteiger partial charge in [-0.15, -0.1) is 0 Å². The molecule has 0 saturated carbocycles. The summed E-state index contributed by atoms with van der Waals surface area (Å²) >= 11 is 6.19. The summed E-state index contributed by atoms with van der Waals surface area (Å²) in [6.45, 7) is 7.62. The molecular weight excluding hydrogens is 390 g/mol. The molecule has 0 fully saturated rings. The molecule has 0 radical (unpaired) electrons. The Kier molecular flexibility index (Phi) is 7.65. The first-order chi connectivity index (χ1) is 13.6. The second kappa shape index (κ2) is 9.76. The van der Waals surface area contributed by atoms with Crippen molar-refractivity contribution >= 4 is 34.8 Å². The van der Waals surface area contributed by atoms with Gasteiger partial charge in [0, 0.05) is 5.02 Å². The van der Waals surface area contributed by atoms with Crippen LogP contribution in [0.1, 0.15) is 23.6 Å². The topological polar surface area (TPSA) is 70.7 Å². The zero-order chi connectivity index (χ0) is 21.7. The van der Waals surface area contributed by atoms with E-state index in [1.165, 1.54) is 0 Å². The predicted molar refractivity (Wildman–Crippen MR) is 118 cm³/mol. The summed E-state index contributed by atoms with van der Waals surface area (Å²) in [5.41, 5.74) is 3.81. The van der Waals surface area contributed by atoms with Gasteiger partial charge in [0.05, 0.1) is 17.9 Å². The molecular formula is C22H28ClN3O3. The van der Waals surface area contributed by atoms with Crippen LogP contribution in [0.3, 0.4) is 0 Å². The van der Waals surface area contributed by atoms with Gasteiger partial charge in [-0.2, -0.15) is 0 Å². The van der Waals surface area contributed by atoms with Gasteiger partial charge in [0.2, 0.25) is 5.91 Å². The van der Waals surface area contributed by atoms with Crippen molar-refractivity contribution in [3.63, 3.8) is 0 Å². The van der Waals surface area contributed by atoms with Crippen LogP contribution in [0.25, 0.3) is 0 Å². The number of amides is 2. The normalized spacial score (nSPS) is 11.9. The Balaban J connectivity index is 2.13. The molecule has 2 N–H and O–H groups in total. The highest BCUT2D eigenvalue weighted by molar-refractivity contribution is 6.32. The number of hydrogen-bond donors (Lipinski definition) is 2. The number of hydrogen-bond acceptors (Lipinski definition) is 4. The van der Waals surface area contributed by atoms with Gasteiger partial charge < -0.3 is 20.3 Å². The van der Waals surface area contributed by atoms with Crippen molar-refractivity contribution in [3.05, 3.63) is 52.0 Å². The summed E-state index contributed by atoms with van der Waals surface area (Å²) in [5, 5.41) is 6.37. The van der Waals surface area contributed by atoms with Gasteiger partial charge in [-0.1, -0.05) is 17.7 Å². The van der Waals surface area contributed by atoms with Crippen LogP contribution in [0.15, 0.2) is 30.3 Å². The molecule has 2 rings (SSSR count). The summed E-state index contributed by atoms with van der Waals surface area (Å²) in [6.07, 6.45) is -0.735. The van der Waals surface area contributed by atoms with Gasteiger partial charge >= 0.3 is 0 Å². The Morgan fingerprint density at radius 2 is 1.66 bits per heavy atom. The van der Waals surface area contributed by atoms with Crippen molar-refractivity contribution in [2.75, 3.05) is 31.3 Å². The average molecular weight is 418 g/mol. The number of anilines is 2. The molecule has 0 aliphatic heterocycles. The highest BCUT2D eigenvalue weighted by Gasteiger charge is 2.18. The lowest BCUT2D eigenvalue weighted by Crippen LogP contribution is -2.31. The number of carbonyl (C=O) groups excluding carboxylic acids is 2. The predicted octanol–water partition coefficient (Wildman–Crippen LogP) is 4.17. The van der Waals surface area contributed by atoms with E-state index >= 15 is 0 Å². The summed E-state index contributed by atoms with van der Waals surface area (Å²) < 4.78 is 5.80. The third-order valence-electron chi connectivity index (χ3n) is 4.26.